The molecule has 1 aromatic carbocycles. The van der Waals surface area contributed by atoms with Crippen LogP contribution < -0.4 is 10.7 Å². The van der Waals surface area contributed by atoms with E-state index in [0.29, 0.717) is 13.1 Å². The predicted octanol–water partition coefficient (Wildman–Crippen LogP) is 3.80. The van der Waals surface area contributed by atoms with E-state index in [2.05, 4.69) is 10.3 Å². The van der Waals surface area contributed by atoms with Crippen LogP contribution in [0.15, 0.2) is 72.0 Å². The van der Waals surface area contributed by atoms with Gasteiger partial charge in [-0.15, -0.1) is 0 Å². The van der Waals surface area contributed by atoms with Crippen LogP contribution in [-0.4, -0.2) is 38.9 Å². The topological polar surface area (TPSA) is 84.3 Å². The molecule has 0 saturated carbocycles. The quantitative estimate of drug-likeness (QED) is 0.609. The molecule has 0 aliphatic carbocycles. The van der Waals surface area contributed by atoms with Crippen LogP contribution in [0.2, 0.25) is 0 Å². The number of likely N-dealkylation sites (tertiary alicyclic amines) is 1. The van der Waals surface area contributed by atoms with E-state index in [0.717, 1.165) is 30.4 Å². The van der Waals surface area contributed by atoms with Crippen LogP contribution in [0.4, 0.5) is 0 Å². The second kappa shape index (κ2) is 10.5. The van der Waals surface area contributed by atoms with Crippen molar-refractivity contribution in [1.82, 2.24) is 19.8 Å². The Morgan fingerprint density at radius 3 is 2.53 bits per heavy atom. The summed E-state index contributed by atoms with van der Waals surface area (Å²) < 4.78 is 1.75. The zero-order valence-corrected chi connectivity index (χ0v) is 19.6. The number of benzene rings is 1. The van der Waals surface area contributed by atoms with Crippen LogP contribution in [0.1, 0.15) is 71.0 Å². The van der Waals surface area contributed by atoms with Gasteiger partial charge in [0, 0.05) is 43.9 Å². The number of carbonyl (C=O) groups excluding carboxylic acids is 2. The Kier molecular flexibility index (Phi) is 7.21. The van der Waals surface area contributed by atoms with Crippen molar-refractivity contribution in [3.05, 3.63) is 99.7 Å². The number of pyridine rings is 2. The lowest BCUT2D eigenvalue weighted by molar-refractivity contribution is 0.0609. The minimum absolute atomic E-state index is 0.0168. The number of aromatic nitrogens is 2. The van der Waals surface area contributed by atoms with E-state index in [4.69, 9.17) is 0 Å². The number of rotatable bonds is 6. The van der Waals surface area contributed by atoms with Gasteiger partial charge in [-0.3, -0.25) is 19.4 Å². The van der Waals surface area contributed by atoms with Gasteiger partial charge < -0.3 is 14.8 Å². The normalized spacial score (nSPS) is 15.9. The lowest BCUT2D eigenvalue weighted by atomic mass is 9.95. The summed E-state index contributed by atoms with van der Waals surface area (Å²) in [7, 11) is 0. The molecular weight excluding hydrogens is 428 g/mol. The first-order valence-electron chi connectivity index (χ1n) is 11.7. The van der Waals surface area contributed by atoms with Crippen LogP contribution in [0, 0.1) is 0 Å². The van der Waals surface area contributed by atoms with Crippen LogP contribution in [-0.2, 0) is 6.54 Å². The van der Waals surface area contributed by atoms with Crippen molar-refractivity contribution in [3.8, 4) is 0 Å². The van der Waals surface area contributed by atoms with Crippen LogP contribution in [0.25, 0.3) is 0 Å². The van der Waals surface area contributed by atoms with Gasteiger partial charge in [0.05, 0.1) is 6.04 Å². The van der Waals surface area contributed by atoms with Crippen molar-refractivity contribution in [1.29, 1.82) is 0 Å². The molecule has 1 aliphatic rings. The first-order chi connectivity index (χ1) is 16.4. The van der Waals surface area contributed by atoms with E-state index in [1.54, 1.807) is 34.3 Å². The van der Waals surface area contributed by atoms with Crippen molar-refractivity contribution in [2.45, 2.75) is 51.7 Å². The van der Waals surface area contributed by atoms with Crippen LogP contribution in [0.3, 0.4) is 0 Å². The molecule has 1 saturated heterocycles. The van der Waals surface area contributed by atoms with Crippen molar-refractivity contribution >= 4 is 11.8 Å². The fraction of sp³-hybridized carbons (Fsp3) is 0.333. The molecule has 1 N–H and O–H groups in total. The second-order valence-corrected chi connectivity index (χ2v) is 9.00. The van der Waals surface area contributed by atoms with Crippen molar-refractivity contribution < 1.29 is 9.59 Å². The minimum atomic E-state index is -0.539. The highest BCUT2D eigenvalue weighted by Crippen LogP contribution is 2.31. The summed E-state index contributed by atoms with van der Waals surface area (Å²) >= 11 is 0. The molecule has 34 heavy (non-hydrogen) atoms. The van der Waals surface area contributed by atoms with Crippen molar-refractivity contribution in [2.24, 2.45) is 0 Å². The number of piperidine rings is 1. The van der Waals surface area contributed by atoms with Gasteiger partial charge in [0.1, 0.15) is 11.1 Å². The molecule has 2 aromatic heterocycles. The largest absolute Gasteiger partial charge is 0.350 e. The molecule has 0 radical (unpaired) electrons. The molecule has 0 bridgehead atoms. The molecule has 1 unspecified atom stereocenters. The van der Waals surface area contributed by atoms with Gasteiger partial charge in [-0.1, -0.05) is 36.4 Å². The highest BCUT2D eigenvalue weighted by molar-refractivity contribution is 5.99. The molecule has 3 heterocycles. The lowest BCUT2D eigenvalue weighted by Crippen LogP contribution is -2.42. The van der Waals surface area contributed by atoms with E-state index in [1.807, 2.05) is 56.3 Å². The van der Waals surface area contributed by atoms with Gasteiger partial charge in [-0.05, 0) is 50.3 Å². The van der Waals surface area contributed by atoms with Crippen molar-refractivity contribution in [3.63, 3.8) is 0 Å². The summed E-state index contributed by atoms with van der Waals surface area (Å²) in [5.41, 5.74) is 1.41. The zero-order chi connectivity index (χ0) is 24.1. The number of hydrogen-bond acceptors (Lipinski definition) is 4. The van der Waals surface area contributed by atoms with Crippen LogP contribution in [0.5, 0.6) is 0 Å². The Bertz CT molecular complexity index is 1210. The maximum absolute atomic E-state index is 13.8. The summed E-state index contributed by atoms with van der Waals surface area (Å²) in [6.07, 6.45) is 9.28. The molecule has 7 heteroatoms. The summed E-state index contributed by atoms with van der Waals surface area (Å²) in [4.78, 5) is 46.0. The van der Waals surface area contributed by atoms with E-state index >= 15 is 0 Å². The SMILES string of the molecule is CC(C)NC(=O)c1cn(Cc2ccccc2)cc(C(=O)N2CCCCC2c2cccnc2)c1=O. The third kappa shape index (κ3) is 5.25. The first kappa shape index (κ1) is 23.4. The highest BCUT2D eigenvalue weighted by atomic mass is 16.2. The third-order valence-electron chi connectivity index (χ3n) is 6.01. The summed E-state index contributed by atoms with van der Waals surface area (Å²) in [5, 5.41) is 2.79. The standard InChI is InChI=1S/C27H30N4O3/c1-19(2)29-26(33)22-17-30(16-20-9-4-3-5-10-20)18-23(25(22)32)27(34)31-14-7-6-12-24(31)21-11-8-13-28-15-21/h3-5,8-11,13,15,17-19,24H,6-7,12,14,16H2,1-2H3,(H,29,33). The Balaban J connectivity index is 1.75. The van der Waals surface area contributed by atoms with Gasteiger partial charge in [0.15, 0.2) is 0 Å². The molecule has 1 aliphatic heterocycles. The number of amides is 2. The summed E-state index contributed by atoms with van der Waals surface area (Å²) in [6.45, 7) is 4.66. The Morgan fingerprint density at radius 1 is 1.06 bits per heavy atom. The van der Waals surface area contributed by atoms with E-state index in [9.17, 15) is 14.4 Å². The van der Waals surface area contributed by atoms with E-state index in [1.165, 1.54) is 0 Å². The monoisotopic (exact) mass is 458 g/mol. The van der Waals surface area contributed by atoms with Crippen molar-refractivity contribution in [2.75, 3.05) is 6.54 Å². The highest BCUT2D eigenvalue weighted by Gasteiger charge is 2.31. The Hall–Kier alpha value is -3.74. The Morgan fingerprint density at radius 2 is 1.82 bits per heavy atom. The average molecular weight is 459 g/mol. The fourth-order valence-electron chi connectivity index (χ4n) is 4.42. The maximum Gasteiger partial charge on any atom is 0.259 e. The lowest BCUT2D eigenvalue weighted by Gasteiger charge is -2.36. The second-order valence-electron chi connectivity index (χ2n) is 9.00. The average Bonchev–Trinajstić information content (AvgIpc) is 2.85. The molecule has 1 fully saturated rings. The van der Waals surface area contributed by atoms with E-state index < -0.39 is 11.3 Å². The summed E-state index contributed by atoms with van der Waals surface area (Å²) in [6, 6.07) is 13.3. The number of nitrogens with one attached hydrogen (secondary N) is 1. The van der Waals surface area contributed by atoms with Gasteiger partial charge in [0.25, 0.3) is 11.8 Å². The molecule has 176 valence electrons. The molecule has 7 nitrogen and oxygen atoms in total. The smallest absolute Gasteiger partial charge is 0.259 e. The van der Waals surface area contributed by atoms with Crippen LogP contribution >= 0.6 is 0 Å². The maximum atomic E-state index is 13.8. The third-order valence-corrected chi connectivity index (χ3v) is 6.01. The fourth-order valence-corrected chi connectivity index (χ4v) is 4.42. The van der Waals surface area contributed by atoms with Gasteiger partial charge >= 0.3 is 0 Å². The molecule has 1 atom stereocenters. The first-order valence-corrected chi connectivity index (χ1v) is 11.7. The zero-order valence-electron chi connectivity index (χ0n) is 19.6. The minimum Gasteiger partial charge on any atom is -0.350 e. The number of nitrogens with zero attached hydrogens (tertiary/aromatic N) is 3. The Labute approximate surface area is 199 Å². The molecule has 4 rings (SSSR count). The van der Waals surface area contributed by atoms with Gasteiger partial charge in [-0.2, -0.15) is 0 Å². The number of hydrogen-bond donors (Lipinski definition) is 1. The number of carbonyl (C=O) groups is 2. The molecule has 2 amide bonds. The molecule has 0 spiro atoms. The molecular formula is C27H30N4O3. The predicted molar refractivity (Wildman–Crippen MR) is 131 cm³/mol. The van der Waals surface area contributed by atoms with Gasteiger partial charge in [-0.25, -0.2) is 0 Å². The van der Waals surface area contributed by atoms with E-state index in [-0.39, 0.29) is 29.1 Å². The summed E-state index contributed by atoms with van der Waals surface area (Å²) in [5.74, 6) is -0.821. The van der Waals surface area contributed by atoms with Gasteiger partial charge in [0.2, 0.25) is 5.43 Å². The molecule has 3 aromatic rings.